The van der Waals surface area contributed by atoms with E-state index in [0.29, 0.717) is 22.2 Å². The quantitative estimate of drug-likeness (QED) is 0.605. The summed E-state index contributed by atoms with van der Waals surface area (Å²) in [5, 5.41) is 0. The second-order valence-corrected chi connectivity index (χ2v) is 6.32. The molecule has 0 N–H and O–H groups in total. The van der Waals surface area contributed by atoms with Crippen molar-refractivity contribution in [2.75, 3.05) is 0 Å². The first kappa shape index (κ1) is 17.3. The van der Waals surface area contributed by atoms with Gasteiger partial charge in [-0.05, 0) is 51.7 Å². The molecule has 0 amide bonds. The molecule has 0 atom stereocenters. The lowest BCUT2D eigenvalue weighted by molar-refractivity contribution is 0.0982. The number of carbonyl (C=O) groups excluding carboxylic acids is 1. The molecule has 25 heavy (non-hydrogen) atoms. The molecular formula is C18H12BrF2N3O. The van der Waals surface area contributed by atoms with Gasteiger partial charge in [0.15, 0.2) is 17.5 Å². The van der Waals surface area contributed by atoms with Crippen molar-refractivity contribution in [1.82, 2.24) is 15.0 Å². The maximum atomic E-state index is 13.2. The highest BCUT2D eigenvalue weighted by atomic mass is 79.9. The maximum absolute atomic E-state index is 13.2. The van der Waals surface area contributed by atoms with Crippen LogP contribution in [0.1, 0.15) is 27.4 Å². The monoisotopic (exact) mass is 403 g/mol. The lowest BCUT2D eigenvalue weighted by Crippen LogP contribution is -2.09. The minimum absolute atomic E-state index is 0.0904. The number of hydrogen-bond acceptors (Lipinski definition) is 4. The Bertz CT molecular complexity index is 899. The van der Waals surface area contributed by atoms with Gasteiger partial charge >= 0.3 is 0 Å². The maximum Gasteiger partial charge on any atom is 0.205 e. The first-order valence-electron chi connectivity index (χ1n) is 7.40. The van der Waals surface area contributed by atoms with Crippen molar-refractivity contribution in [1.29, 1.82) is 0 Å². The smallest absolute Gasteiger partial charge is 0.205 e. The van der Waals surface area contributed by atoms with Gasteiger partial charge < -0.3 is 0 Å². The van der Waals surface area contributed by atoms with Crippen LogP contribution in [0.5, 0.6) is 0 Å². The molecule has 0 fully saturated rings. The number of hydrogen-bond donors (Lipinski definition) is 0. The molecule has 7 heteroatoms. The van der Waals surface area contributed by atoms with Crippen LogP contribution in [0, 0.1) is 11.6 Å². The largest absolute Gasteiger partial charge is 0.290 e. The highest BCUT2D eigenvalue weighted by Gasteiger charge is 2.11. The molecule has 4 nitrogen and oxygen atoms in total. The van der Waals surface area contributed by atoms with Gasteiger partial charge in [0.05, 0.1) is 10.9 Å². The second-order valence-electron chi connectivity index (χ2n) is 5.41. The molecule has 0 bridgehead atoms. The Labute approximate surface area is 151 Å². The molecule has 0 unspecified atom stereocenters. The average Bonchev–Trinajstić information content (AvgIpc) is 2.60. The molecule has 3 rings (SSSR count). The molecule has 0 saturated heterocycles. The molecule has 126 valence electrons. The van der Waals surface area contributed by atoms with Crippen molar-refractivity contribution in [3.05, 3.63) is 87.7 Å². The molecular weight excluding hydrogens is 392 g/mol. The van der Waals surface area contributed by atoms with Crippen LogP contribution in [0.25, 0.3) is 0 Å². The fourth-order valence-electron chi connectivity index (χ4n) is 2.25. The van der Waals surface area contributed by atoms with Crippen LogP contribution < -0.4 is 0 Å². The van der Waals surface area contributed by atoms with Crippen molar-refractivity contribution in [2.45, 2.75) is 12.8 Å². The molecule has 1 aromatic carbocycles. The number of ketones is 1. The SMILES string of the molecule is O=C(Cc1ccc(Cc2ccc(F)c(F)c2)cn1)c1ncc(Br)cn1. The Morgan fingerprint density at radius 1 is 0.920 bits per heavy atom. The van der Waals surface area contributed by atoms with Gasteiger partial charge in [0, 0.05) is 24.3 Å². The van der Waals surface area contributed by atoms with Crippen molar-refractivity contribution in [3.63, 3.8) is 0 Å². The highest BCUT2D eigenvalue weighted by molar-refractivity contribution is 9.10. The number of rotatable bonds is 5. The van der Waals surface area contributed by atoms with Crippen LogP contribution in [0.15, 0.2) is 53.4 Å². The summed E-state index contributed by atoms with van der Waals surface area (Å²) in [6.07, 6.45) is 5.16. The molecule has 0 aliphatic carbocycles. The first-order valence-corrected chi connectivity index (χ1v) is 8.19. The molecule has 2 aromatic heterocycles. The van der Waals surface area contributed by atoms with Crippen molar-refractivity contribution >= 4 is 21.7 Å². The summed E-state index contributed by atoms with van der Waals surface area (Å²) in [4.78, 5) is 24.3. The van der Waals surface area contributed by atoms with E-state index in [1.54, 1.807) is 18.3 Å². The molecule has 0 spiro atoms. The van der Waals surface area contributed by atoms with Crippen molar-refractivity contribution in [3.8, 4) is 0 Å². The van der Waals surface area contributed by atoms with Gasteiger partial charge in [-0.3, -0.25) is 9.78 Å². The lowest BCUT2D eigenvalue weighted by atomic mass is 10.1. The lowest BCUT2D eigenvalue weighted by Gasteiger charge is -2.04. The normalized spacial score (nSPS) is 10.7. The molecule has 0 aliphatic rings. The number of nitrogens with zero attached hydrogens (tertiary/aromatic N) is 3. The zero-order valence-corrected chi connectivity index (χ0v) is 14.5. The van der Waals surface area contributed by atoms with E-state index in [1.165, 1.54) is 18.5 Å². The fourth-order valence-corrected chi connectivity index (χ4v) is 2.45. The molecule has 0 saturated carbocycles. The van der Waals surface area contributed by atoms with Gasteiger partial charge in [-0.25, -0.2) is 18.7 Å². The number of aromatic nitrogens is 3. The number of benzene rings is 1. The molecule has 2 heterocycles. The standard InChI is InChI=1S/C18H12BrF2N3O/c19-13-9-23-18(24-10-13)17(25)7-14-3-1-12(8-22-14)5-11-2-4-15(20)16(21)6-11/h1-4,6,8-10H,5,7H2. The van der Waals surface area contributed by atoms with Crippen LogP contribution in [-0.2, 0) is 12.8 Å². The Balaban J connectivity index is 1.66. The Morgan fingerprint density at radius 3 is 2.28 bits per heavy atom. The highest BCUT2D eigenvalue weighted by Crippen LogP contribution is 2.14. The predicted molar refractivity (Wildman–Crippen MR) is 91.2 cm³/mol. The van der Waals surface area contributed by atoms with Gasteiger partial charge in [0.1, 0.15) is 0 Å². The topological polar surface area (TPSA) is 55.7 Å². The van der Waals surface area contributed by atoms with E-state index < -0.39 is 11.6 Å². The van der Waals surface area contributed by atoms with Crippen LogP contribution in [0.2, 0.25) is 0 Å². The van der Waals surface area contributed by atoms with Gasteiger partial charge in [-0.15, -0.1) is 0 Å². The average molecular weight is 404 g/mol. The third-order valence-corrected chi connectivity index (χ3v) is 3.90. The van der Waals surface area contributed by atoms with Crippen molar-refractivity contribution in [2.24, 2.45) is 0 Å². The summed E-state index contributed by atoms with van der Waals surface area (Å²) in [6, 6.07) is 7.33. The summed E-state index contributed by atoms with van der Waals surface area (Å²) >= 11 is 3.21. The fraction of sp³-hybridized carbons (Fsp3) is 0.111. The number of carbonyl (C=O) groups is 1. The first-order chi connectivity index (χ1) is 12.0. The van der Waals surface area contributed by atoms with E-state index in [4.69, 9.17) is 0 Å². The Hall–Kier alpha value is -2.54. The van der Waals surface area contributed by atoms with Crippen LogP contribution in [-0.4, -0.2) is 20.7 Å². The zero-order valence-electron chi connectivity index (χ0n) is 12.9. The van der Waals surface area contributed by atoms with E-state index in [1.807, 2.05) is 0 Å². The third kappa shape index (κ3) is 4.51. The van der Waals surface area contributed by atoms with E-state index >= 15 is 0 Å². The zero-order chi connectivity index (χ0) is 17.8. The number of Topliss-reactive ketones (excluding diaryl/α,β-unsaturated/α-hetero) is 1. The van der Waals surface area contributed by atoms with Crippen LogP contribution >= 0.6 is 15.9 Å². The van der Waals surface area contributed by atoms with Crippen LogP contribution in [0.4, 0.5) is 8.78 Å². The van der Waals surface area contributed by atoms with Gasteiger partial charge in [0.2, 0.25) is 5.78 Å². The minimum Gasteiger partial charge on any atom is -0.290 e. The summed E-state index contributed by atoms with van der Waals surface area (Å²) < 4.78 is 26.9. The van der Waals surface area contributed by atoms with E-state index in [0.717, 1.165) is 17.7 Å². The summed E-state index contributed by atoms with van der Waals surface area (Å²) in [5.41, 5.74) is 2.07. The Morgan fingerprint density at radius 2 is 1.64 bits per heavy atom. The van der Waals surface area contributed by atoms with Gasteiger partial charge in [-0.2, -0.15) is 0 Å². The van der Waals surface area contributed by atoms with E-state index in [2.05, 4.69) is 30.9 Å². The Kier molecular flexibility index (Phi) is 5.23. The summed E-state index contributed by atoms with van der Waals surface area (Å²) in [6.45, 7) is 0. The summed E-state index contributed by atoms with van der Waals surface area (Å²) in [5.74, 6) is -1.84. The molecule has 3 aromatic rings. The van der Waals surface area contributed by atoms with Crippen LogP contribution in [0.3, 0.4) is 0 Å². The predicted octanol–water partition coefficient (Wildman–Crippen LogP) is 3.93. The van der Waals surface area contributed by atoms with E-state index in [9.17, 15) is 13.6 Å². The van der Waals surface area contributed by atoms with Gasteiger partial charge in [-0.1, -0.05) is 12.1 Å². The molecule has 0 radical (unpaired) electrons. The number of halogens is 3. The van der Waals surface area contributed by atoms with Gasteiger partial charge in [0.25, 0.3) is 0 Å². The number of pyridine rings is 1. The molecule has 0 aliphatic heterocycles. The second kappa shape index (κ2) is 7.57. The summed E-state index contributed by atoms with van der Waals surface area (Å²) in [7, 11) is 0. The minimum atomic E-state index is -0.873. The third-order valence-electron chi connectivity index (χ3n) is 3.49. The van der Waals surface area contributed by atoms with E-state index in [-0.39, 0.29) is 18.0 Å². The van der Waals surface area contributed by atoms with Crippen molar-refractivity contribution < 1.29 is 13.6 Å².